The summed E-state index contributed by atoms with van der Waals surface area (Å²) in [5.41, 5.74) is 4.55. The number of aryl methyl sites for hydroxylation is 1. The number of nitrogens with zero attached hydrogens (tertiary/aromatic N) is 4. The highest BCUT2D eigenvalue weighted by Gasteiger charge is 2.17. The number of fused-ring (bicyclic) bond motifs is 2. The predicted molar refractivity (Wildman–Crippen MR) is 116 cm³/mol. The minimum absolute atomic E-state index is 0.666. The lowest BCUT2D eigenvalue weighted by atomic mass is 10.2. The van der Waals surface area contributed by atoms with Gasteiger partial charge in [-0.1, -0.05) is 11.6 Å². The Morgan fingerprint density at radius 3 is 2.79 bits per heavy atom. The van der Waals surface area contributed by atoms with Crippen molar-refractivity contribution in [2.75, 3.05) is 43.5 Å². The van der Waals surface area contributed by atoms with Crippen molar-refractivity contribution in [1.29, 1.82) is 0 Å². The van der Waals surface area contributed by atoms with Crippen molar-refractivity contribution in [3.63, 3.8) is 0 Å². The maximum absolute atomic E-state index is 6.67. The zero-order valence-corrected chi connectivity index (χ0v) is 17.0. The zero-order valence-electron chi connectivity index (χ0n) is 16.3. The summed E-state index contributed by atoms with van der Waals surface area (Å²) in [6.07, 6.45) is 3.92. The first-order chi connectivity index (χ1) is 14.1. The highest BCUT2D eigenvalue weighted by Crippen LogP contribution is 2.35. The van der Waals surface area contributed by atoms with Crippen LogP contribution in [-0.2, 0) is 0 Å². The number of nitrogens with one attached hydrogen (secondary N) is 3. The molecule has 1 aliphatic heterocycles. The Labute approximate surface area is 172 Å². The first-order valence-electron chi connectivity index (χ1n) is 9.56. The molecule has 1 aromatic carbocycles. The van der Waals surface area contributed by atoms with Crippen molar-refractivity contribution in [2.45, 2.75) is 6.92 Å². The van der Waals surface area contributed by atoms with E-state index in [2.05, 4.69) is 36.8 Å². The van der Waals surface area contributed by atoms with Crippen LogP contribution >= 0.6 is 11.6 Å². The third kappa shape index (κ3) is 3.24. The standard InChI is InChI=1S/C20H22ClN7O/c1-12-10-28-11-13(7-17(29-2)20(28)23-12)24-19-18-15(21)8-14(9-16(18)25-26-19)27-5-3-22-4-6-27/h7-11,22H,3-6H2,1-2H3,(H2,24,25,26). The number of imidazole rings is 1. The van der Waals surface area contributed by atoms with Gasteiger partial charge in [0, 0.05) is 50.3 Å². The maximum atomic E-state index is 6.67. The average Bonchev–Trinajstić information content (AvgIpc) is 3.31. The van der Waals surface area contributed by atoms with Crippen LogP contribution in [0.5, 0.6) is 5.75 Å². The lowest BCUT2D eigenvalue weighted by Crippen LogP contribution is -2.43. The molecule has 0 saturated carbocycles. The largest absolute Gasteiger partial charge is 0.493 e. The molecule has 8 nitrogen and oxygen atoms in total. The van der Waals surface area contributed by atoms with E-state index in [1.54, 1.807) is 7.11 Å². The number of methoxy groups -OCH3 is 1. The van der Waals surface area contributed by atoms with E-state index in [1.165, 1.54) is 0 Å². The molecule has 0 unspecified atom stereocenters. The average molecular weight is 412 g/mol. The van der Waals surface area contributed by atoms with E-state index < -0.39 is 0 Å². The molecule has 4 heterocycles. The van der Waals surface area contributed by atoms with Crippen LogP contribution in [0.3, 0.4) is 0 Å². The fraction of sp³-hybridized carbons (Fsp3) is 0.300. The van der Waals surface area contributed by atoms with Gasteiger partial charge < -0.3 is 24.7 Å². The van der Waals surface area contributed by atoms with Crippen molar-refractivity contribution in [3.05, 3.63) is 41.3 Å². The SMILES string of the molecule is COc1cc(Nc2n[nH]c3cc(N4CCNCC4)cc(Cl)c23)cn2cc(C)nc12. The van der Waals surface area contributed by atoms with Gasteiger partial charge in [0.2, 0.25) is 0 Å². The Morgan fingerprint density at radius 2 is 2.00 bits per heavy atom. The monoisotopic (exact) mass is 411 g/mol. The van der Waals surface area contributed by atoms with Crippen molar-refractivity contribution in [2.24, 2.45) is 0 Å². The van der Waals surface area contributed by atoms with Gasteiger partial charge in [0.05, 0.1) is 34.4 Å². The number of aromatic amines is 1. The number of pyridine rings is 1. The first-order valence-corrected chi connectivity index (χ1v) is 9.94. The lowest BCUT2D eigenvalue weighted by molar-refractivity contribution is 0.417. The molecule has 1 saturated heterocycles. The van der Waals surface area contributed by atoms with E-state index >= 15 is 0 Å². The first kappa shape index (κ1) is 18.1. The summed E-state index contributed by atoms with van der Waals surface area (Å²) in [6, 6.07) is 6.03. The van der Waals surface area contributed by atoms with Gasteiger partial charge in [-0.25, -0.2) is 4.98 Å². The summed E-state index contributed by atoms with van der Waals surface area (Å²) >= 11 is 6.67. The summed E-state index contributed by atoms with van der Waals surface area (Å²) in [4.78, 5) is 6.83. The third-order valence-electron chi connectivity index (χ3n) is 5.20. The van der Waals surface area contributed by atoms with E-state index in [9.17, 15) is 0 Å². The van der Waals surface area contributed by atoms with Crippen LogP contribution in [0.1, 0.15) is 5.69 Å². The number of halogens is 1. The minimum Gasteiger partial charge on any atom is -0.493 e. The summed E-state index contributed by atoms with van der Waals surface area (Å²) in [7, 11) is 1.64. The molecule has 0 amide bonds. The van der Waals surface area contributed by atoms with Gasteiger partial charge in [0.15, 0.2) is 17.2 Å². The van der Waals surface area contributed by atoms with Crippen LogP contribution in [-0.4, -0.2) is 52.9 Å². The third-order valence-corrected chi connectivity index (χ3v) is 5.50. The fourth-order valence-corrected chi connectivity index (χ4v) is 4.14. The number of ether oxygens (including phenoxy) is 1. The van der Waals surface area contributed by atoms with Crippen LogP contribution in [0.25, 0.3) is 16.6 Å². The molecule has 4 aromatic rings. The van der Waals surface area contributed by atoms with Gasteiger partial charge in [-0.15, -0.1) is 0 Å². The molecule has 29 heavy (non-hydrogen) atoms. The molecule has 5 rings (SSSR count). The van der Waals surface area contributed by atoms with E-state index in [4.69, 9.17) is 16.3 Å². The number of hydrogen-bond acceptors (Lipinski definition) is 6. The predicted octanol–water partition coefficient (Wildman–Crippen LogP) is 3.33. The molecule has 9 heteroatoms. The second-order valence-electron chi connectivity index (χ2n) is 7.19. The smallest absolute Gasteiger partial charge is 0.180 e. The van der Waals surface area contributed by atoms with Crippen molar-refractivity contribution in [1.82, 2.24) is 24.9 Å². The molecule has 1 fully saturated rings. The summed E-state index contributed by atoms with van der Waals surface area (Å²) in [5, 5.41) is 15.8. The Morgan fingerprint density at radius 1 is 1.17 bits per heavy atom. The molecular weight excluding hydrogens is 390 g/mol. The molecule has 0 bridgehead atoms. The van der Waals surface area contributed by atoms with Gasteiger partial charge in [-0.2, -0.15) is 5.10 Å². The molecule has 3 aromatic heterocycles. The van der Waals surface area contributed by atoms with Gasteiger partial charge >= 0.3 is 0 Å². The topological polar surface area (TPSA) is 82.5 Å². The number of H-pyrrole nitrogens is 1. The molecule has 1 aliphatic rings. The Bertz CT molecular complexity index is 1190. The van der Waals surface area contributed by atoms with Crippen molar-refractivity contribution >= 4 is 45.3 Å². The molecule has 0 radical (unpaired) electrons. The lowest BCUT2D eigenvalue weighted by Gasteiger charge is -2.29. The van der Waals surface area contributed by atoms with Crippen LogP contribution in [0.15, 0.2) is 30.6 Å². The highest BCUT2D eigenvalue weighted by molar-refractivity contribution is 6.36. The Hall–Kier alpha value is -2.97. The van der Waals surface area contributed by atoms with Gasteiger partial charge in [0.25, 0.3) is 0 Å². The normalized spacial score (nSPS) is 14.7. The number of anilines is 3. The summed E-state index contributed by atoms with van der Waals surface area (Å²) < 4.78 is 7.45. The van der Waals surface area contributed by atoms with Crippen molar-refractivity contribution in [3.8, 4) is 5.75 Å². The second-order valence-corrected chi connectivity index (χ2v) is 7.60. The molecule has 0 atom stereocenters. The second kappa shape index (κ2) is 7.13. The van der Waals surface area contributed by atoms with E-state index in [0.717, 1.165) is 59.8 Å². The number of piperazine rings is 1. The van der Waals surface area contributed by atoms with Crippen LogP contribution in [0.2, 0.25) is 5.02 Å². The number of aromatic nitrogens is 4. The van der Waals surface area contributed by atoms with Crippen LogP contribution in [0, 0.1) is 6.92 Å². The fourth-order valence-electron chi connectivity index (χ4n) is 3.83. The molecule has 0 spiro atoms. The van der Waals surface area contributed by atoms with E-state index in [-0.39, 0.29) is 0 Å². The molecule has 0 aliphatic carbocycles. The minimum atomic E-state index is 0.666. The van der Waals surface area contributed by atoms with Crippen LogP contribution < -0.4 is 20.3 Å². The highest BCUT2D eigenvalue weighted by atomic mass is 35.5. The Kier molecular flexibility index (Phi) is 4.44. The molecular formula is C20H22ClN7O. The number of benzene rings is 1. The van der Waals surface area contributed by atoms with Crippen molar-refractivity contribution < 1.29 is 4.74 Å². The number of rotatable bonds is 4. The van der Waals surface area contributed by atoms with E-state index in [1.807, 2.05) is 35.9 Å². The quantitative estimate of drug-likeness (QED) is 0.478. The van der Waals surface area contributed by atoms with Gasteiger partial charge in [0.1, 0.15) is 0 Å². The van der Waals surface area contributed by atoms with Gasteiger partial charge in [-0.3, -0.25) is 5.10 Å². The summed E-state index contributed by atoms with van der Waals surface area (Å²) in [6.45, 7) is 5.83. The number of hydrogen-bond donors (Lipinski definition) is 3. The van der Waals surface area contributed by atoms with E-state index in [0.29, 0.717) is 16.6 Å². The van der Waals surface area contributed by atoms with Crippen LogP contribution in [0.4, 0.5) is 17.2 Å². The maximum Gasteiger partial charge on any atom is 0.180 e. The Balaban J connectivity index is 1.52. The zero-order chi connectivity index (χ0) is 20.0. The molecule has 3 N–H and O–H groups in total. The molecule has 150 valence electrons. The summed E-state index contributed by atoms with van der Waals surface area (Å²) in [5.74, 6) is 1.37. The van der Waals surface area contributed by atoms with Gasteiger partial charge in [-0.05, 0) is 19.1 Å².